The molecule has 1 aliphatic heterocycles. The molecule has 164 valence electrons. The van der Waals surface area contributed by atoms with Gasteiger partial charge in [0.25, 0.3) is 0 Å². The van der Waals surface area contributed by atoms with Crippen LogP contribution in [0.5, 0.6) is 11.5 Å². The number of hydrogen-bond donors (Lipinski definition) is 0. The fourth-order valence-electron chi connectivity index (χ4n) is 4.17. The van der Waals surface area contributed by atoms with E-state index in [1.54, 1.807) is 38.7 Å². The predicted octanol–water partition coefficient (Wildman–Crippen LogP) is 5.19. The van der Waals surface area contributed by atoms with E-state index in [0.29, 0.717) is 41.5 Å². The molecule has 0 spiro atoms. The summed E-state index contributed by atoms with van der Waals surface area (Å²) in [6.07, 6.45) is 3.31. The van der Waals surface area contributed by atoms with Gasteiger partial charge in [-0.15, -0.1) is 0 Å². The van der Waals surface area contributed by atoms with Gasteiger partial charge in [-0.2, -0.15) is 0 Å². The highest BCUT2D eigenvalue weighted by atomic mass is 35.5. The Morgan fingerprint density at radius 1 is 1.10 bits per heavy atom. The lowest BCUT2D eigenvalue weighted by Crippen LogP contribution is -2.41. The fraction of sp³-hybridized carbons (Fsp3) is 0.375. The number of Topliss-reactive ketones (excluding diaryl/α,β-unsaturated/α-hetero) is 1. The van der Waals surface area contributed by atoms with Gasteiger partial charge < -0.3 is 18.9 Å². The van der Waals surface area contributed by atoms with Gasteiger partial charge in [0.05, 0.1) is 44.7 Å². The predicted molar refractivity (Wildman–Crippen MR) is 115 cm³/mol. The van der Waals surface area contributed by atoms with Crippen molar-refractivity contribution in [2.75, 3.05) is 14.2 Å². The molecule has 4 rings (SSSR count). The van der Waals surface area contributed by atoms with Crippen LogP contribution in [0.4, 0.5) is 4.39 Å². The fourth-order valence-corrected chi connectivity index (χ4v) is 4.39. The van der Waals surface area contributed by atoms with Crippen molar-refractivity contribution < 1.29 is 28.1 Å². The Balaban J connectivity index is 1.42. The van der Waals surface area contributed by atoms with E-state index in [0.717, 1.165) is 17.5 Å². The van der Waals surface area contributed by atoms with Gasteiger partial charge in [0.2, 0.25) is 0 Å². The first-order valence-electron chi connectivity index (χ1n) is 10.2. The number of halogens is 2. The molecule has 3 unspecified atom stereocenters. The first kappa shape index (κ1) is 21.7. The molecule has 7 heteroatoms. The molecule has 1 aliphatic carbocycles. The molecule has 0 aromatic heterocycles. The third kappa shape index (κ3) is 4.55. The van der Waals surface area contributed by atoms with Crippen LogP contribution in [0.1, 0.15) is 30.4 Å². The normalized spacial score (nSPS) is 22.9. The molecule has 0 saturated heterocycles. The van der Waals surface area contributed by atoms with Crippen molar-refractivity contribution in [1.29, 1.82) is 0 Å². The van der Waals surface area contributed by atoms with E-state index in [1.807, 2.05) is 6.07 Å². The highest BCUT2D eigenvalue weighted by Gasteiger charge is 2.40. The topological polar surface area (TPSA) is 54.0 Å². The summed E-state index contributed by atoms with van der Waals surface area (Å²) < 4.78 is 35.8. The van der Waals surface area contributed by atoms with Crippen LogP contribution in [0.2, 0.25) is 5.02 Å². The summed E-state index contributed by atoms with van der Waals surface area (Å²) in [5.41, 5.74) is 2.02. The van der Waals surface area contributed by atoms with Crippen molar-refractivity contribution in [3.8, 4) is 11.5 Å². The zero-order chi connectivity index (χ0) is 22.0. The maximum absolute atomic E-state index is 13.2. The van der Waals surface area contributed by atoms with Gasteiger partial charge in [0.15, 0.2) is 17.3 Å². The largest absolute Gasteiger partial charge is 0.496 e. The smallest absolute Gasteiger partial charge is 0.173 e. The summed E-state index contributed by atoms with van der Waals surface area (Å²) in [4.78, 5) is 13.2. The van der Waals surface area contributed by atoms with Gasteiger partial charge in [0.1, 0.15) is 11.9 Å². The molecule has 2 aliphatic rings. The van der Waals surface area contributed by atoms with Gasteiger partial charge in [-0.25, -0.2) is 4.39 Å². The van der Waals surface area contributed by atoms with Crippen LogP contribution in [0.3, 0.4) is 0 Å². The van der Waals surface area contributed by atoms with Crippen molar-refractivity contribution in [3.05, 3.63) is 64.6 Å². The SMILES string of the molecule is COc1ccc(C2=COC3CC(OCc4ccc(F)cc4Cl)CCC3C2=O)cc1OC. The molecule has 1 saturated carbocycles. The number of ether oxygens (including phenoxy) is 4. The summed E-state index contributed by atoms with van der Waals surface area (Å²) in [6, 6.07) is 9.66. The van der Waals surface area contributed by atoms with Crippen LogP contribution in [0.15, 0.2) is 42.7 Å². The van der Waals surface area contributed by atoms with Crippen molar-refractivity contribution in [2.45, 2.75) is 38.1 Å². The number of ketones is 1. The molecule has 1 fully saturated rings. The van der Waals surface area contributed by atoms with E-state index >= 15 is 0 Å². The van der Waals surface area contributed by atoms with E-state index in [1.165, 1.54) is 12.1 Å². The summed E-state index contributed by atoms with van der Waals surface area (Å²) in [5, 5.41) is 0.347. The quantitative estimate of drug-likeness (QED) is 0.611. The number of methoxy groups -OCH3 is 2. The zero-order valence-corrected chi connectivity index (χ0v) is 18.2. The van der Waals surface area contributed by atoms with Crippen molar-refractivity contribution >= 4 is 23.0 Å². The lowest BCUT2D eigenvalue weighted by molar-refractivity contribution is -0.128. The van der Waals surface area contributed by atoms with Crippen LogP contribution in [-0.4, -0.2) is 32.2 Å². The first-order valence-corrected chi connectivity index (χ1v) is 10.6. The molecule has 1 heterocycles. The third-order valence-electron chi connectivity index (χ3n) is 5.89. The minimum atomic E-state index is -0.375. The minimum Gasteiger partial charge on any atom is -0.496 e. The minimum absolute atomic E-state index is 0.0498. The van der Waals surface area contributed by atoms with E-state index in [9.17, 15) is 9.18 Å². The van der Waals surface area contributed by atoms with Crippen LogP contribution in [-0.2, 0) is 20.9 Å². The van der Waals surface area contributed by atoms with Crippen LogP contribution >= 0.6 is 11.6 Å². The first-order chi connectivity index (χ1) is 15.0. The number of allylic oxidation sites excluding steroid dienone is 1. The van der Waals surface area contributed by atoms with Crippen LogP contribution < -0.4 is 9.47 Å². The Hall–Kier alpha value is -2.57. The number of rotatable bonds is 6. The molecule has 0 N–H and O–H groups in total. The molecule has 0 radical (unpaired) electrons. The molecule has 2 aromatic rings. The van der Waals surface area contributed by atoms with Gasteiger partial charge in [-0.1, -0.05) is 23.7 Å². The lowest BCUT2D eigenvalue weighted by Gasteiger charge is -2.37. The Bertz CT molecular complexity index is 1010. The van der Waals surface area contributed by atoms with E-state index < -0.39 is 0 Å². The standard InChI is InChI=1S/C24H24ClFO5/c1-28-21-8-4-14(9-23(21)29-2)19-13-31-22-11-17(6-7-18(22)24(19)27)30-12-15-3-5-16(26)10-20(15)25/h3-5,8-10,13,17-18,22H,6-7,11-12H2,1-2H3. The monoisotopic (exact) mass is 446 g/mol. The number of fused-ring (bicyclic) bond motifs is 1. The second-order valence-corrected chi connectivity index (χ2v) is 8.14. The zero-order valence-electron chi connectivity index (χ0n) is 17.4. The second kappa shape index (κ2) is 9.28. The maximum Gasteiger partial charge on any atom is 0.173 e. The average molecular weight is 447 g/mol. The Kier molecular flexibility index (Phi) is 6.49. The van der Waals surface area contributed by atoms with Crippen molar-refractivity contribution in [1.82, 2.24) is 0 Å². The number of benzene rings is 2. The summed E-state index contributed by atoms with van der Waals surface area (Å²) >= 11 is 6.08. The van der Waals surface area contributed by atoms with E-state index in [4.69, 9.17) is 30.5 Å². The second-order valence-electron chi connectivity index (χ2n) is 7.73. The van der Waals surface area contributed by atoms with Gasteiger partial charge in [-0.3, -0.25) is 4.79 Å². The summed E-state index contributed by atoms with van der Waals surface area (Å²) in [6.45, 7) is 0.293. The van der Waals surface area contributed by atoms with Crippen molar-refractivity contribution in [2.24, 2.45) is 5.92 Å². The Morgan fingerprint density at radius 2 is 1.90 bits per heavy atom. The van der Waals surface area contributed by atoms with Crippen molar-refractivity contribution in [3.63, 3.8) is 0 Å². The molecule has 0 amide bonds. The molecular formula is C24H24ClFO5. The molecule has 2 aromatic carbocycles. The summed E-state index contributed by atoms with van der Waals surface area (Å²) in [7, 11) is 3.13. The highest BCUT2D eigenvalue weighted by Crippen LogP contribution is 2.39. The third-order valence-corrected chi connectivity index (χ3v) is 6.24. The number of hydrogen-bond acceptors (Lipinski definition) is 5. The van der Waals surface area contributed by atoms with Gasteiger partial charge >= 0.3 is 0 Å². The number of carbonyl (C=O) groups excluding carboxylic acids is 1. The van der Waals surface area contributed by atoms with Crippen LogP contribution in [0, 0.1) is 11.7 Å². The van der Waals surface area contributed by atoms with E-state index in [-0.39, 0.29) is 29.7 Å². The highest BCUT2D eigenvalue weighted by molar-refractivity contribution is 6.31. The lowest BCUT2D eigenvalue weighted by atomic mass is 9.78. The molecular weight excluding hydrogens is 423 g/mol. The average Bonchev–Trinajstić information content (AvgIpc) is 2.78. The Morgan fingerprint density at radius 3 is 2.65 bits per heavy atom. The Labute approximate surface area is 185 Å². The molecule has 0 bridgehead atoms. The maximum atomic E-state index is 13.2. The molecule has 5 nitrogen and oxygen atoms in total. The summed E-state index contributed by atoms with van der Waals surface area (Å²) in [5.74, 6) is 0.659. The van der Waals surface area contributed by atoms with Crippen LogP contribution in [0.25, 0.3) is 5.57 Å². The molecule has 31 heavy (non-hydrogen) atoms. The number of carbonyl (C=O) groups is 1. The molecule has 3 atom stereocenters. The van der Waals surface area contributed by atoms with E-state index in [2.05, 4.69) is 0 Å². The van der Waals surface area contributed by atoms with Gasteiger partial charge in [0, 0.05) is 11.4 Å². The van der Waals surface area contributed by atoms with Gasteiger partial charge in [-0.05, 0) is 48.2 Å².